The number of carbonyl (C=O) groups excluding carboxylic acids is 1. The van der Waals surface area contributed by atoms with E-state index in [1.807, 2.05) is 6.92 Å². The third kappa shape index (κ3) is 4.62. The molecule has 1 amide bonds. The lowest BCUT2D eigenvalue weighted by Crippen LogP contribution is -2.37. The highest BCUT2D eigenvalue weighted by atomic mass is 19.1. The lowest BCUT2D eigenvalue weighted by atomic mass is 10.1. The first-order chi connectivity index (χ1) is 13.9. The van der Waals surface area contributed by atoms with Crippen LogP contribution < -0.4 is 10.1 Å². The molecule has 2 aromatic heterocycles. The van der Waals surface area contributed by atoms with Crippen LogP contribution in [0.2, 0.25) is 0 Å². The number of benzene rings is 1. The average Bonchev–Trinajstić information content (AvgIpc) is 3.27. The first-order valence-corrected chi connectivity index (χ1v) is 9.22. The van der Waals surface area contributed by atoms with Gasteiger partial charge in [0.1, 0.15) is 29.6 Å². The van der Waals surface area contributed by atoms with E-state index in [9.17, 15) is 14.3 Å². The number of nitrogens with one attached hydrogen (secondary N) is 1. The minimum atomic E-state index is -0.344. The second-order valence-electron chi connectivity index (χ2n) is 6.61. The highest BCUT2D eigenvalue weighted by molar-refractivity contribution is 5.93. The number of rotatable bonds is 8. The third-order valence-corrected chi connectivity index (χ3v) is 4.61. The molecule has 0 spiro atoms. The maximum absolute atomic E-state index is 13.2. The Morgan fingerprint density at radius 3 is 2.76 bits per heavy atom. The predicted octanol–water partition coefficient (Wildman–Crippen LogP) is 2.60. The van der Waals surface area contributed by atoms with Crippen molar-refractivity contribution < 1.29 is 23.6 Å². The summed E-state index contributed by atoms with van der Waals surface area (Å²) in [6, 6.07) is 7.14. The van der Waals surface area contributed by atoms with Crippen molar-refractivity contribution in [3.8, 4) is 17.1 Å². The van der Waals surface area contributed by atoms with Crippen LogP contribution >= 0.6 is 0 Å². The van der Waals surface area contributed by atoms with Gasteiger partial charge in [-0.25, -0.2) is 4.39 Å². The Balaban J connectivity index is 1.74. The maximum Gasteiger partial charge on any atom is 0.269 e. The summed E-state index contributed by atoms with van der Waals surface area (Å²) < 4.78 is 25.6. The summed E-state index contributed by atoms with van der Waals surface area (Å²) in [4.78, 5) is 12.4. The zero-order valence-electron chi connectivity index (χ0n) is 16.5. The van der Waals surface area contributed by atoms with E-state index < -0.39 is 0 Å². The third-order valence-electron chi connectivity index (χ3n) is 4.61. The second-order valence-corrected chi connectivity index (χ2v) is 6.61. The summed E-state index contributed by atoms with van der Waals surface area (Å²) in [5.41, 5.74) is 2.29. The molecule has 1 atom stereocenters. The number of hydrogen-bond acceptors (Lipinski definition) is 6. The molecule has 8 nitrogen and oxygen atoms in total. The SMILES string of the molecule is CCC(CO)NC(=O)c1cc(OCc2c(-c3ccc(F)cc3)noc2C)nn1C. The molecule has 0 aliphatic carbocycles. The highest BCUT2D eigenvalue weighted by Crippen LogP contribution is 2.26. The molecule has 0 saturated heterocycles. The van der Waals surface area contributed by atoms with Crippen molar-refractivity contribution in [3.63, 3.8) is 0 Å². The molecule has 29 heavy (non-hydrogen) atoms. The van der Waals surface area contributed by atoms with Crippen LogP contribution in [0.4, 0.5) is 4.39 Å². The molecule has 0 bridgehead atoms. The number of hydrogen-bond donors (Lipinski definition) is 2. The summed E-state index contributed by atoms with van der Waals surface area (Å²) in [7, 11) is 1.64. The molecule has 1 aromatic carbocycles. The Bertz CT molecular complexity index is 977. The van der Waals surface area contributed by atoms with Crippen molar-refractivity contribution in [2.24, 2.45) is 7.05 Å². The fourth-order valence-corrected chi connectivity index (χ4v) is 2.80. The topological polar surface area (TPSA) is 102 Å². The minimum absolute atomic E-state index is 0.119. The monoisotopic (exact) mass is 402 g/mol. The maximum atomic E-state index is 13.2. The number of aliphatic hydroxyl groups is 1. The van der Waals surface area contributed by atoms with Crippen molar-refractivity contribution in [2.75, 3.05) is 6.61 Å². The Kier molecular flexibility index (Phi) is 6.28. The van der Waals surface area contributed by atoms with Gasteiger partial charge in [-0.15, -0.1) is 5.10 Å². The summed E-state index contributed by atoms with van der Waals surface area (Å²) in [6.45, 7) is 3.62. The Morgan fingerprint density at radius 2 is 2.10 bits per heavy atom. The van der Waals surface area contributed by atoms with Crippen LogP contribution in [0.25, 0.3) is 11.3 Å². The van der Waals surface area contributed by atoms with Gasteiger partial charge in [-0.05, 0) is 37.6 Å². The van der Waals surface area contributed by atoms with Crippen molar-refractivity contribution >= 4 is 5.91 Å². The molecular weight excluding hydrogens is 379 g/mol. The molecule has 154 valence electrons. The smallest absolute Gasteiger partial charge is 0.269 e. The van der Waals surface area contributed by atoms with Gasteiger partial charge >= 0.3 is 0 Å². The van der Waals surface area contributed by atoms with Gasteiger partial charge in [-0.2, -0.15) is 0 Å². The van der Waals surface area contributed by atoms with Gasteiger partial charge in [-0.3, -0.25) is 9.48 Å². The largest absolute Gasteiger partial charge is 0.471 e. The zero-order chi connectivity index (χ0) is 21.0. The first-order valence-electron chi connectivity index (χ1n) is 9.22. The van der Waals surface area contributed by atoms with Crippen molar-refractivity contribution in [1.29, 1.82) is 0 Å². The minimum Gasteiger partial charge on any atom is -0.471 e. The predicted molar refractivity (Wildman–Crippen MR) is 103 cm³/mol. The molecule has 0 aliphatic heterocycles. The van der Waals surface area contributed by atoms with Crippen molar-refractivity contribution in [2.45, 2.75) is 32.9 Å². The van der Waals surface area contributed by atoms with Gasteiger partial charge in [0, 0.05) is 18.7 Å². The first kappa shape index (κ1) is 20.5. The molecule has 3 rings (SSSR count). The van der Waals surface area contributed by atoms with E-state index in [4.69, 9.17) is 9.26 Å². The Hall–Kier alpha value is -3.20. The van der Waals surface area contributed by atoms with Crippen LogP contribution in [0, 0.1) is 12.7 Å². The summed E-state index contributed by atoms with van der Waals surface area (Å²) >= 11 is 0. The van der Waals surface area contributed by atoms with Crippen LogP contribution in [0.5, 0.6) is 5.88 Å². The van der Waals surface area contributed by atoms with Crippen LogP contribution in [0.1, 0.15) is 35.2 Å². The Labute approximate surface area is 167 Å². The van der Waals surface area contributed by atoms with Crippen LogP contribution in [-0.4, -0.2) is 38.6 Å². The normalized spacial score (nSPS) is 12.0. The summed E-state index contributed by atoms with van der Waals surface area (Å²) in [5.74, 6) is 0.161. The van der Waals surface area contributed by atoms with E-state index in [-0.39, 0.29) is 36.9 Å². The van der Waals surface area contributed by atoms with E-state index in [0.717, 1.165) is 0 Å². The van der Waals surface area contributed by atoms with E-state index >= 15 is 0 Å². The zero-order valence-corrected chi connectivity index (χ0v) is 16.5. The molecule has 9 heteroatoms. The molecular formula is C20H23FN4O4. The number of nitrogens with zero attached hydrogens (tertiary/aromatic N) is 3. The average molecular weight is 402 g/mol. The molecule has 0 aliphatic rings. The number of aliphatic hydroxyl groups excluding tert-OH is 1. The van der Waals surface area contributed by atoms with Crippen LogP contribution in [0.3, 0.4) is 0 Å². The van der Waals surface area contributed by atoms with E-state index in [0.29, 0.717) is 34.7 Å². The van der Waals surface area contributed by atoms with Gasteiger partial charge in [-0.1, -0.05) is 12.1 Å². The number of aryl methyl sites for hydroxylation is 2. The van der Waals surface area contributed by atoms with Gasteiger partial charge < -0.3 is 19.7 Å². The number of amides is 1. The number of ether oxygens (including phenoxy) is 1. The molecule has 0 saturated carbocycles. The fourth-order valence-electron chi connectivity index (χ4n) is 2.80. The molecule has 3 aromatic rings. The molecule has 0 radical (unpaired) electrons. The van der Waals surface area contributed by atoms with E-state index in [1.165, 1.54) is 22.9 Å². The standard InChI is InChI=1S/C20H23FN4O4/c1-4-15(10-26)22-20(27)17-9-18(23-25(17)3)28-11-16-12(2)29-24-19(16)13-5-7-14(21)8-6-13/h5-9,15,26H,4,10-11H2,1-3H3,(H,22,27). The Morgan fingerprint density at radius 1 is 1.38 bits per heavy atom. The molecule has 2 heterocycles. The van der Waals surface area contributed by atoms with E-state index in [1.54, 1.807) is 26.1 Å². The molecule has 2 N–H and O–H groups in total. The number of aromatic nitrogens is 3. The quantitative estimate of drug-likeness (QED) is 0.600. The lowest BCUT2D eigenvalue weighted by Gasteiger charge is -2.13. The summed E-state index contributed by atoms with van der Waals surface area (Å²) in [5, 5.41) is 20.2. The second kappa shape index (κ2) is 8.87. The fraction of sp³-hybridized carbons (Fsp3) is 0.350. The van der Waals surface area contributed by atoms with Crippen LogP contribution in [-0.2, 0) is 13.7 Å². The van der Waals surface area contributed by atoms with E-state index in [2.05, 4.69) is 15.6 Å². The van der Waals surface area contributed by atoms with Crippen molar-refractivity contribution in [1.82, 2.24) is 20.3 Å². The molecule has 0 fully saturated rings. The molecule has 1 unspecified atom stereocenters. The van der Waals surface area contributed by atoms with Crippen molar-refractivity contribution in [3.05, 3.63) is 53.2 Å². The number of carbonyl (C=O) groups is 1. The van der Waals surface area contributed by atoms with Gasteiger partial charge in [0.05, 0.1) is 18.2 Å². The number of halogens is 1. The van der Waals surface area contributed by atoms with Crippen LogP contribution in [0.15, 0.2) is 34.9 Å². The summed E-state index contributed by atoms with van der Waals surface area (Å²) in [6.07, 6.45) is 0.613. The lowest BCUT2D eigenvalue weighted by molar-refractivity contribution is 0.0905. The highest BCUT2D eigenvalue weighted by Gasteiger charge is 2.19. The van der Waals surface area contributed by atoms with Gasteiger partial charge in [0.25, 0.3) is 5.91 Å². The van der Waals surface area contributed by atoms with Gasteiger partial charge in [0.15, 0.2) is 0 Å². The van der Waals surface area contributed by atoms with Gasteiger partial charge in [0.2, 0.25) is 5.88 Å².